The van der Waals surface area contributed by atoms with Crippen molar-refractivity contribution in [2.45, 2.75) is 97.4 Å². The number of hydrogen-bond donors (Lipinski definition) is 2. The van der Waals surface area contributed by atoms with E-state index in [4.69, 9.17) is 5.73 Å². The molecule has 2 aliphatic heterocycles. The number of nitrogens with two attached hydrogens (primary N) is 1. The van der Waals surface area contributed by atoms with Gasteiger partial charge in [0.1, 0.15) is 24.2 Å². The van der Waals surface area contributed by atoms with E-state index in [2.05, 4.69) is 5.32 Å². The van der Waals surface area contributed by atoms with Gasteiger partial charge < -0.3 is 25.8 Å². The summed E-state index contributed by atoms with van der Waals surface area (Å²) in [6, 6.07) is -3.36. The maximum atomic E-state index is 14.0. The molecular formula is C28H50N6O5. The van der Waals surface area contributed by atoms with Gasteiger partial charge in [-0.25, -0.2) is 0 Å². The van der Waals surface area contributed by atoms with E-state index in [1.54, 1.807) is 11.9 Å². The number of likely N-dealkylation sites (N-methyl/N-ethyl adjacent to an activating group) is 2. The fourth-order valence-electron chi connectivity index (χ4n) is 6.12. The van der Waals surface area contributed by atoms with Gasteiger partial charge in [-0.15, -0.1) is 0 Å². The Bertz CT molecular complexity index is 912. The molecule has 0 radical (unpaired) electrons. The average Bonchev–Trinajstić information content (AvgIpc) is 3.50. The highest BCUT2D eigenvalue weighted by atomic mass is 16.2. The molecule has 0 aromatic heterocycles. The number of likely N-dealkylation sites (tertiary alicyclic amines) is 2. The Morgan fingerprint density at radius 1 is 0.769 bits per heavy atom. The van der Waals surface area contributed by atoms with Gasteiger partial charge in [0, 0.05) is 20.1 Å². The van der Waals surface area contributed by atoms with E-state index < -0.39 is 36.1 Å². The van der Waals surface area contributed by atoms with Gasteiger partial charge in [-0.2, -0.15) is 0 Å². The van der Waals surface area contributed by atoms with Crippen molar-refractivity contribution in [3.05, 3.63) is 0 Å². The van der Waals surface area contributed by atoms with E-state index in [1.807, 2.05) is 60.5 Å². The summed E-state index contributed by atoms with van der Waals surface area (Å²) in [6.07, 6.45) is 2.38. The molecule has 0 spiro atoms. The molecule has 0 saturated carbocycles. The van der Waals surface area contributed by atoms with Crippen LogP contribution in [-0.2, 0) is 24.0 Å². The van der Waals surface area contributed by atoms with Gasteiger partial charge in [0.05, 0.1) is 6.04 Å². The molecule has 2 aliphatic rings. The second-order valence-electron chi connectivity index (χ2n) is 12.3. The monoisotopic (exact) mass is 550 g/mol. The molecule has 0 aromatic rings. The minimum absolute atomic E-state index is 0.0417. The summed E-state index contributed by atoms with van der Waals surface area (Å²) < 4.78 is 0. The van der Waals surface area contributed by atoms with Crippen LogP contribution in [0, 0.1) is 17.8 Å². The lowest BCUT2D eigenvalue weighted by atomic mass is 9.96. The van der Waals surface area contributed by atoms with Gasteiger partial charge in [0.2, 0.25) is 29.5 Å². The van der Waals surface area contributed by atoms with Crippen molar-refractivity contribution in [2.75, 3.05) is 34.2 Å². The number of nitrogens with one attached hydrogen (secondary N) is 1. The zero-order valence-electron chi connectivity index (χ0n) is 25.3. The van der Waals surface area contributed by atoms with E-state index in [-0.39, 0.29) is 41.4 Å². The van der Waals surface area contributed by atoms with Crippen molar-refractivity contribution in [1.82, 2.24) is 24.9 Å². The Labute approximate surface area is 233 Å². The van der Waals surface area contributed by atoms with Crippen LogP contribution in [0.25, 0.3) is 0 Å². The SMILES string of the molecule is CC(C)[C@H](NC(=O)[C@H](C(C)C)N(C)C)C(=O)N(C)[C@H](C(=O)N1CCC[C@H]1C(=O)N1CCC[C@H]1C(N)=O)C(C)C. The van der Waals surface area contributed by atoms with Gasteiger partial charge in [0.15, 0.2) is 0 Å². The second kappa shape index (κ2) is 13.6. The fourth-order valence-corrected chi connectivity index (χ4v) is 6.12. The molecule has 39 heavy (non-hydrogen) atoms. The highest BCUT2D eigenvalue weighted by Gasteiger charge is 2.45. The largest absolute Gasteiger partial charge is 0.368 e. The third-order valence-corrected chi connectivity index (χ3v) is 8.02. The Kier molecular flexibility index (Phi) is 11.3. The van der Waals surface area contributed by atoms with Crippen LogP contribution in [0.3, 0.4) is 0 Å². The lowest BCUT2D eigenvalue weighted by molar-refractivity contribution is -0.153. The number of carbonyl (C=O) groups is 5. The van der Waals surface area contributed by atoms with E-state index >= 15 is 0 Å². The highest BCUT2D eigenvalue weighted by Crippen LogP contribution is 2.27. The summed E-state index contributed by atoms with van der Waals surface area (Å²) in [6.45, 7) is 12.2. The number of primary amides is 1. The van der Waals surface area contributed by atoms with Crippen molar-refractivity contribution in [3.8, 4) is 0 Å². The lowest BCUT2D eigenvalue weighted by Gasteiger charge is -2.38. The van der Waals surface area contributed by atoms with Crippen molar-refractivity contribution < 1.29 is 24.0 Å². The highest BCUT2D eigenvalue weighted by molar-refractivity contribution is 5.96. The van der Waals surface area contributed by atoms with Crippen LogP contribution >= 0.6 is 0 Å². The van der Waals surface area contributed by atoms with Crippen molar-refractivity contribution in [2.24, 2.45) is 23.5 Å². The first-order chi connectivity index (χ1) is 18.1. The quantitative estimate of drug-likeness (QED) is 0.388. The Balaban J connectivity index is 2.27. The maximum absolute atomic E-state index is 14.0. The number of hydrogen-bond acceptors (Lipinski definition) is 6. The maximum Gasteiger partial charge on any atom is 0.246 e. The molecule has 0 unspecified atom stereocenters. The van der Waals surface area contributed by atoms with Gasteiger partial charge in [-0.05, 0) is 57.5 Å². The van der Waals surface area contributed by atoms with Crippen LogP contribution in [0.15, 0.2) is 0 Å². The van der Waals surface area contributed by atoms with Gasteiger partial charge in [0.25, 0.3) is 0 Å². The Hall–Kier alpha value is -2.69. The molecule has 0 bridgehead atoms. The summed E-state index contributed by atoms with van der Waals surface area (Å²) in [5.74, 6) is -2.06. The molecule has 11 heteroatoms. The molecule has 5 amide bonds. The van der Waals surface area contributed by atoms with Crippen LogP contribution in [0.5, 0.6) is 0 Å². The first kappa shape index (κ1) is 32.5. The Morgan fingerprint density at radius 3 is 1.74 bits per heavy atom. The van der Waals surface area contributed by atoms with Crippen molar-refractivity contribution in [1.29, 1.82) is 0 Å². The molecule has 2 saturated heterocycles. The molecule has 222 valence electrons. The molecule has 2 fully saturated rings. The third-order valence-electron chi connectivity index (χ3n) is 8.02. The fraction of sp³-hybridized carbons (Fsp3) is 0.821. The third kappa shape index (κ3) is 7.29. The summed E-state index contributed by atoms with van der Waals surface area (Å²) in [7, 11) is 5.25. The standard InChI is InChI=1S/C28H50N6O5/c1-16(2)21(30-25(36)22(17(3)4)31(7)8)27(38)32(9)23(18(5)6)28(39)34-15-11-13-20(34)26(37)33-14-10-12-19(33)24(29)35/h16-23H,10-15H2,1-9H3,(H2,29,35)(H,30,36)/t19-,20-,21-,22-,23-/m0/s1. The summed E-state index contributed by atoms with van der Waals surface area (Å²) in [4.78, 5) is 72.6. The predicted molar refractivity (Wildman–Crippen MR) is 149 cm³/mol. The molecule has 11 nitrogen and oxygen atoms in total. The molecule has 2 rings (SSSR count). The van der Waals surface area contributed by atoms with E-state index in [0.717, 1.165) is 0 Å². The lowest BCUT2D eigenvalue weighted by Crippen LogP contribution is -2.61. The van der Waals surface area contributed by atoms with Crippen molar-refractivity contribution >= 4 is 29.5 Å². The van der Waals surface area contributed by atoms with Crippen LogP contribution in [-0.4, -0.2) is 114 Å². The van der Waals surface area contributed by atoms with Gasteiger partial charge >= 0.3 is 0 Å². The molecular weight excluding hydrogens is 500 g/mol. The number of amides is 5. The molecule has 5 atom stereocenters. The zero-order chi connectivity index (χ0) is 29.8. The minimum atomic E-state index is -0.815. The summed E-state index contributed by atoms with van der Waals surface area (Å²) in [5, 5.41) is 2.94. The topological polar surface area (TPSA) is 136 Å². The van der Waals surface area contributed by atoms with E-state index in [1.165, 1.54) is 9.80 Å². The van der Waals surface area contributed by atoms with Gasteiger partial charge in [-0.1, -0.05) is 41.5 Å². The van der Waals surface area contributed by atoms with Crippen LogP contribution in [0.4, 0.5) is 0 Å². The van der Waals surface area contributed by atoms with Crippen LogP contribution in [0.1, 0.15) is 67.2 Å². The number of nitrogens with zero attached hydrogens (tertiary/aromatic N) is 4. The first-order valence-electron chi connectivity index (χ1n) is 14.2. The molecule has 3 N–H and O–H groups in total. The number of carbonyl (C=O) groups excluding carboxylic acids is 5. The van der Waals surface area contributed by atoms with E-state index in [0.29, 0.717) is 38.8 Å². The van der Waals surface area contributed by atoms with Crippen LogP contribution < -0.4 is 11.1 Å². The van der Waals surface area contributed by atoms with Gasteiger partial charge in [-0.3, -0.25) is 28.9 Å². The summed E-state index contributed by atoms with van der Waals surface area (Å²) in [5.41, 5.74) is 5.53. The first-order valence-corrected chi connectivity index (χ1v) is 14.2. The summed E-state index contributed by atoms with van der Waals surface area (Å²) >= 11 is 0. The molecule has 0 aromatic carbocycles. The average molecular weight is 551 g/mol. The van der Waals surface area contributed by atoms with Crippen LogP contribution in [0.2, 0.25) is 0 Å². The Morgan fingerprint density at radius 2 is 1.28 bits per heavy atom. The molecule has 2 heterocycles. The van der Waals surface area contributed by atoms with E-state index in [9.17, 15) is 24.0 Å². The predicted octanol–water partition coefficient (Wildman–Crippen LogP) is 0.664. The second-order valence-corrected chi connectivity index (χ2v) is 12.3. The zero-order valence-corrected chi connectivity index (χ0v) is 25.3. The smallest absolute Gasteiger partial charge is 0.246 e. The minimum Gasteiger partial charge on any atom is -0.368 e. The van der Waals surface area contributed by atoms with Crippen molar-refractivity contribution in [3.63, 3.8) is 0 Å². The number of rotatable bonds is 11. The molecule has 0 aliphatic carbocycles. The normalized spacial score (nSPS) is 22.0.